The van der Waals surface area contributed by atoms with Crippen molar-refractivity contribution >= 4 is 62.9 Å². The predicted octanol–water partition coefficient (Wildman–Crippen LogP) is 5.95. The van der Waals surface area contributed by atoms with Gasteiger partial charge in [-0.1, -0.05) is 35.9 Å². The third-order valence-corrected chi connectivity index (χ3v) is 6.23. The molecule has 1 heterocycles. The molecule has 0 radical (unpaired) electrons. The number of rotatable bonds is 5. The van der Waals surface area contributed by atoms with Gasteiger partial charge in [0.05, 0.1) is 21.7 Å². The van der Waals surface area contributed by atoms with Gasteiger partial charge in [0.25, 0.3) is 17.5 Å². The number of benzene rings is 4. The summed E-state index contributed by atoms with van der Waals surface area (Å²) in [7, 11) is 0. The molecule has 178 valence electrons. The summed E-state index contributed by atoms with van der Waals surface area (Å²) in [5.74, 6) is -2.67. The van der Waals surface area contributed by atoms with Crippen LogP contribution in [0.15, 0.2) is 66.7 Å². The molecule has 2 N–H and O–H groups in total. The van der Waals surface area contributed by atoms with Crippen molar-refractivity contribution in [3.63, 3.8) is 0 Å². The van der Waals surface area contributed by atoms with Crippen LogP contribution in [0.2, 0.25) is 5.02 Å². The van der Waals surface area contributed by atoms with Crippen LogP contribution in [-0.2, 0) is 0 Å². The second-order valence-corrected chi connectivity index (χ2v) is 8.63. The number of nitro groups is 1. The molecule has 1 aliphatic heterocycles. The van der Waals surface area contributed by atoms with Crippen LogP contribution < -0.4 is 10.2 Å². The highest BCUT2D eigenvalue weighted by molar-refractivity contribution is 6.37. The number of nitrogens with zero attached hydrogens (tertiary/aromatic N) is 2. The fourth-order valence-corrected chi connectivity index (χ4v) is 4.53. The molecule has 0 atom stereocenters. The lowest BCUT2D eigenvalue weighted by Gasteiger charge is -2.29. The standard InChI is InChI=1S/C26H16ClN3O6/c1-13-8-9-14(26(33)34)10-20(13)29-24(31)18-7-3-6-17-22(18)19(25(29)32)12-21(30(35)36)23(17)28-16-5-2-4-15(27)11-16/h2-12,28H,1H3,(H,33,34). The molecular weight excluding hydrogens is 486 g/mol. The lowest BCUT2D eigenvalue weighted by molar-refractivity contribution is -0.383. The number of hydrogen-bond acceptors (Lipinski definition) is 6. The number of carboxylic acids is 1. The lowest BCUT2D eigenvalue weighted by atomic mass is 9.91. The van der Waals surface area contributed by atoms with Gasteiger partial charge in [0.1, 0.15) is 5.69 Å². The number of nitro benzene ring substituents is 1. The molecule has 0 spiro atoms. The van der Waals surface area contributed by atoms with Crippen LogP contribution in [0, 0.1) is 17.0 Å². The Morgan fingerprint density at radius 3 is 2.42 bits per heavy atom. The van der Waals surface area contributed by atoms with Gasteiger partial charge in [0, 0.05) is 33.1 Å². The first kappa shape index (κ1) is 23.0. The Kier molecular flexibility index (Phi) is 5.41. The van der Waals surface area contributed by atoms with E-state index >= 15 is 0 Å². The summed E-state index contributed by atoms with van der Waals surface area (Å²) in [6.07, 6.45) is 0. The first-order valence-corrected chi connectivity index (χ1v) is 11.0. The van der Waals surface area contributed by atoms with E-state index in [4.69, 9.17) is 11.6 Å². The number of imide groups is 1. The molecule has 0 unspecified atom stereocenters. The van der Waals surface area contributed by atoms with Gasteiger partial charge in [-0.15, -0.1) is 0 Å². The van der Waals surface area contributed by atoms with E-state index in [2.05, 4.69) is 5.32 Å². The van der Waals surface area contributed by atoms with Gasteiger partial charge in [0.15, 0.2) is 0 Å². The number of aryl methyl sites for hydroxylation is 1. The molecule has 0 saturated heterocycles. The van der Waals surface area contributed by atoms with Crippen LogP contribution in [0.25, 0.3) is 10.8 Å². The van der Waals surface area contributed by atoms with Gasteiger partial charge in [-0.05, 0) is 48.9 Å². The van der Waals surface area contributed by atoms with Crippen molar-refractivity contribution in [3.05, 3.63) is 104 Å². The quantitative estimate of drug-likeness (QED) is 0.196. The van der Waals surface area contributed by atoms with Crippen LogP contribution >= 0.6 is 11.6 Å². The molecule has 0 saturated carbocycles. The van der Waals surface area contributed by atoms with E-state index in [0.717, 1.165) is 11.0 Å². The number of carbonyl (C=O) groups excluding carboxylic acids is 2. The Bertz CT molecular complexity index is 1650. The Balaban J connectivity index is 1.75. The van der Waals surface area contributed by atoms with Gasteiger partial charge >= 0.3 is 5.97 Å². The molecular formula is C26H16ClN3O6. The molecule has 10 heteroatoms. The number of hydrogen-bond donors (Lipinski definition) is 2. The highest BCUT2D eigenvalue weighted by Crippen LogP contribution is 2.43. The SMILES string of the molecule is Cc1ccc(C(=O)O)cc1N1C(=O)c2cccc3c(Nc4cccc(Cl)c4)c([N+](=O)[O-])cc(c23)C1=O. The van der Waals surface area contributed by atoms with Crippen molar-refractivity contribution in [1.82, 2.24) is 0 Å². The molecule has 0 fully saturated rings. The molecule has 36 heavy (non-hydrogen) atoms. The summed E-state index contributed by atoms with van der Waals surface area (Å²) >= 11 is 6.06. The highest BCUT2D eigenvalue weighted by atomic mass is 35.5. The van der Waals surface area contributed by atoms with Gasteiger partial charge in [0.2, 0.25) is 0 Å². The Morgan fingerprint density at radius 1 is 1.00 bits per heavy atom. The van der Waals surface area contributed by atoms with Gasteiger partial charge in [-0.25, -0.2) is 9.69 Å². The van der Waals surface area contributed by atoms with Crippen LogP contribution in [0.5, 0.6) is 0 Å². The minimum Gasteiger partial charge on any atom is -0.478 e. The monoisotopic (exact) mass is 501 g/mol. The topological polar surface area (TPSA) is 130 Å². The highest BCUT2D eigenvalue weighted by Gasteiger charge is 2.37. The predicted molar refractivity (Wildman–Crippen MR) is 135 cm³/mol. The molecule has 4 aromatic carbocycles. The largest absolute Gasteiger partial charge is 0.478 e. The van der Waals surface area contributed by atoms with E-state index in [1.807, 2.05) is 0 Å². The molecule has 2 amide bonds. The number of nitrogens with one attached hydrogen (secondary N) is 1. The summed E-state index contributed by atoms with van der Waals surface area (Å²) in [4.78, 5) is 51.0. The minimum absolute atomic E-state index is 0.0383. The van der Waals surface area contributed by atoms with Crippen molar-refractivity contribution in [2.75, 3.05) is 10.2 Å². The third-order valence-electron chi connectivity index (χ3n) is 5.99. The fraction of sp³-hybridized carbons (Fsp3) is 0.0385. The smallest absolute Gasteiger partial charge is 0.335 e. The summed E-state index contributed by atoms with van der Waals surface area (Å²) < 4.78 is 0. The minimum atomic E-state index is -1.22. The zero-order valence-corrected chi connectivity index (χ0v) is 19.4. The second-order valence-electron chi connectivity index (χ2n) is 8.19. The zero-order valence-electron chi connectivity index (χ0n) is 18.6. The van der Waals surface area contributed by atoms with Gasteiger partial charge < -0.3 is 10.4 Å². The van der Waals surface area contributed by atoms with E-state index < -0.39 is 22.7 Å². The van der Waals surface area contributed by atoms with Crippen molar-refractivity contribution in [3.8, 4) is 0 Å². The van der Waals surface area contributed by atoms with E-state index in [9.17, 15) is 29.6 Å². The van der Waals surface area contributed by atoms with Crippen molar-refractivity contribution in [2.45, 2.75) is 6.92 Å². The summed E-state index contributed by atoms with van der Waals surface area (Å²) in [6.45, 7) is 1.64. The second kappa shape index (κ2) is 8.47. The summed E-state index contributed by atoms with van der Waals surface area (Å²) in [6, 6.07) is 16.5. The molecule has 0 bridgehead atoms. The average molecular weight is 502 g/mol. The normalized spacial score (nSPS) is 12.7. The maximum atomic E-state index is 13.6. The summed E-state index contributed by atoms with van der Waals surface area (Å²) in [5.41, 5.74) is 0.835. The molecule has 1 aliphatic rings. The number of anilines is 3. The van der Waals surface area contributed by atoms with Crippen LogP contribution in [-0.4, -0.2) is 27.8 Å². The Hall–Kier alpha value is -4.76. The van der Waals surface area contributed by atoms with Crippen LogP contribution in [0.4, 0.5) is 22.7 Å². The average Bonchev–Trinajstić information content (AvgIpc) is 2.84. The molecule has 4 aromatic rings. The van der Waals surface area contributed by atoms with E-state index in [0.29, 0.717) is 21.7 Å². The number of amides is 2. The van der Waals surface area contributed by atoms with Gasteiger partial charge in [-0.3, -0.25) is 19.7 Å². The van der Waals surface area contributed by atoms with Crippen molar-refractivity contribution < 1.29 is 24.4 Å². The van der Waals surface area contributed by atoms with Crippen molar-refractivity contribution in [2.24, 2.45) is 0 Å². The van der Waals surface area contributed by atoms with Gasteiger partial charge in [-0.2, -0.15) is 0 Å². The van der Waals surface area contributed by atoms with Crippen LogP contribution in [0.3, 0.4) is 0 Å². The maximum absolute atomic E-state index is 13.6. The Morgan fingerprint density at radius 2 is 1.72 bits per heavy atom. The summed E-state index contributed by atoms with van der Waals surface area (Å²) in [5, 5.41) is 25.5. The van der Waals surface area contributed by atoms with Crippen LogP contribution in [0.1, 0.15) is 36.6 Å². The number of carbonyl (C=O) groups is 3. The zero-order chi connectivity index (χ0) is 25.7. The molecule has 0 aromatic heterocycles. The maximum Gasteiger partial charge on any atom is 0.335 e. The first-order valence-electron chi connectivity index (χ1n) is 10.7. The van der Waals surface area contributed by atoms with E-state index in [-0.39, 0.29) is 39.1 Å². The fourth-order valence-electron chi connectivity index (χ4n) is 4.34. The van der Waals surface area contributed by atoms with E-state index in [1.54, 1.807) is 43.3 Å². The Labute approximate surface area is 208 Å². The molecule has 5 rings (SSSR count). The number of aromatic carboxylic acids is 1. The lowest BCUT2D eigenvalue weighted by Crippen LogP contribution is -2.41. The number of halogens is 1. The first-order chi connectivity index (χ1) is 17.2. The molecule has 0 aliphatic carbocycles. The van der Waals surface area contributed by atoms with Crippen molar-refractivity contribution in [1.29, 1.82) is 0 Å². The molecule has 9 nitrogen and oxygen atoms in total. The number of carboxylic acid groups (broad SMARTS) is 1. The third kappa shape index (κ3) is 3.62. The van der Waals surface area contributed by atoms with E-state index in [1.165, 1.54) is 24.3 Å².